The lowest BCUT2D eigenvalue weighted by atomic mass is 9.91. The number of carbonyl (C=O) groups is 1. The number of likely N-dealkylation sites (tertiary alicyclic amines) is 2. The second kappa shape index (κ2) is 6.82. The molecule has 3 heteroatoms. The maximum absolute atomic E-state index is 12.3. The number of rotatable bonds is 3. The minimum Gasteiger partial charge on any atom is -0.339 e. The zero-order chi connectivity index (χ0) is 15.5. The molecule has 1 aromatic carbocycles. The van der Waals surface area contributed by atoms with Crippen molar-refractivity contribution < 1.29 is 4.79 Å². The summed E-state index contributed by atoms with van der Waals surface area (Å²) < 4.78 is 0. The van der Waals surface area contributed by atoms with Gasteiger partial charge >= 0.3 is 0 Å². The predicted octanol–water partition coefficient (Wildman–Crippen LogP) is 3.40. The van der Waals surface area contributed by atoms with E-state index in [-0.39, 0.29) is 5.91 Å². The van der Waals surface area contributed by atoms with Crippen LogP contribution in [0.15, 0.2) is 24.3 Å². The lowest BCUT2D eigenvalue weighted by Crippen LogP contribution is -2.38. The number of nitrogens with zero attached hydrogens (tertiary/aromatic N) is 2. The Labute approximate surface area is 134 Å². The third kappa shape index (κ3) is 3.70. The van der Waals surface area contributed by atoms with E-state index in [0.717, 1.165) is 49.9 Å². The summed E-state index contributed by atoms with van der Waals surface area (Å²) in [5.74, 6) is 1.78. The van der Waals surface area contributed by atoms with Gasteiger partial charge in [0.2, 0.25) is 0 Å². The molecule has 3 rings (SSSR count). The number of carbonyl (C=O) groups excluding carboxylic acids is 1. The van der Waals surface area contributed by atoms with Gasteiger partial charge in [-0.2, -0.15) is 0 Å². The van der Waals surface area contributed by atoms with Crippen molar-refractivity contribution in [3.05, 3.63) is 35.4 Å². The smallest absolute Gasteiger partial charge is 0.253 e. The van der Waals surface area contributed by atoms with Crippen LogP contribution in [0, 0.1) is 11.8 Å². The third-order valence-electron chi connectivity index (χ3n) is 4.94. The molecular weight excluding hydrogens is 272 g/mol. The Morgan fingerprint density at radius 1 is 1.05 bits per heavy atom. The number of amides is 1. The van der Waals surface area contributed by atoms with E-state index in [1.54, 1.807) is 0 Å². The molecule has 0 aliphatic carbocycles. The normalized spacial score (nSPS) is 26.4. The molecule has 2 aliphatic rings. The number of hydrogen-bond donors (Lipinski definition) is 0. The molecule has 0 aromatic heterocycles. The Balaban J connectivity index is 1.60. The highest BCUT2D eigenvalue weighted by Gasteiger charge is 2.22. The Kier molecular flexibility index (Phi) is 4.82. The van der Waals surface area contributed by atoms with E-state index in [0.29, 0.717) is 0 Å². The summed E-state index contributed by atoms with van der Waals surface area (Å²) in [6.45, 7) is 9.93. The molecule has 2 saturated heterocycles. The fraction of sp³-hybridized carbons (Fsp3) is 0.632. The van der Waals surface area contributed by atoms with Crippen LogP contribution < -0.4 is 0 Å². The van der Waals surface area contributed by atoms with E-state index in [2.05, 4.69) is 30.9 Å². The van der Waals surface area contributed by atoms with E-state index >= 15 is 0 Å². The Morgan fingerprint density at radius 3 is 2.23 bits per heavy atom. The second-order valence-electron chi connectivity index (χ2n) is 7.34. The first-order valence-electron chi connectivity index (χ1n) is 8.72. The first-order valence-corrected chi connectivity index (χ1v) is 8.72. The molecule has 2 fully saturated rings. The Bertz CT molecular complexity index is 495. The summed E-state index contributed by atoms with van der Waals surface area (Å²) in [7, 11) is 0. The van der Waals surface area contributed by atoms with Crippen molar-refractivity contribution in [3.63, 3.8) is 0 Å². The van der Waals surface area contributed by atoms with Crippen LogP contribution in [0.3, 0.4) is 0 Å². The van der Waals surface area contributed by atoms with Crippen LogP contribution in [0.2, 0.25) is 0 Å². The zero-order valence-corrected chi connectivity index (χ0v) is 13.9. The predicted molar refractivity (Wildman–Crippen MR) is 89.8 cm³/mol. The van der Waals surface area contributed by atoms with E-state index in [4.69, 9.17) is 0 Å². The van der Waals surface area contributed by atoms with Crippen LogP contribution in [0.25, 0.3) is 0 Å². The van der Waals surface area contributed by atoms with Crippen molar-refractivity contribution >= 4 is 5.91 Å². The molecule has 22 heavy (non-hydrogen) atoms. The summed E-state index contributed by atoms with van der Waals surface area (Å²) in [6.07, 6.45) is 3.64. The zero-order valence-electron chi connectivity index (χ0n) is 13.9. The molecule has 120 valence electrons. The summed E-state index contributed by atoms with van der Waals surface area (Å²) in [4.78, 5) is 16.9. The minimum atomic E-state index is 0.198. The van der Waals surface area contributed by atoms with Gasteiger partial charge in [0.1, 0.15) is 0 Å². The average Bonchev–Trinajstić information content (AvgIpc) is 3.00. The summed E-state index contributed by atoms with van der Waals surface area (Å²) in [5.41, 5.74) is 2.16. The van der Waals surface area contributed by atoms with Gasteiger partial charge in [0, 0.05) is 38.3 Å². The van der Waals surface area contributed by atoms with Crippen LogP contribution in [-0.2, 0) is 6.54 Å². The van der Waals surface area contributed by atoms with Crippen LogP contribution >= 0.6 is 0 Å². The number of piperidine rings is 1. The quantitative estimate of drug-likeness (QED) is 0.854. The fourth-order valence-corrected chi connectivity index (χ4v) is 4.03. The highest BCUT2D eigenvalue weighted by atomic mass is 16.2. The van der Waals surface area contributed by atoms with E-state index < -0.39 is 0 Å². The van der Waals surface area contributed by atoms with Gasteiger partial charge in [0.25, 0.3) is 5.91 Å². The first kappa shape index (κ1) is 15.5. The summed E-state index contributed by atoms with van der Waals surface area (Å²) >= 11 is 0. The molecule has 2 heterocycles. The van der Waals surface area contributed by atoms with Crippen molar-refractivity contribution in [2.75, 3.05) is 26.2 Å². The third-order valence-corrected chi connectivity index (χ3v) is 4.94. The molecule has 2 unspecified atom stereocenters. The molecule has 0 bridgehead atoms. The molecule has 0 radical (unpaired) electrons. The monoisotopic (exact) mass is 300 g/mol. The standard InChI is InChI=1S/C19H28N2O/c1-15-11-16(2)13-20(12-15)14-17-5-7-18(8-6-17)19(22)21-9-3-4-10-21/h5-8,15-16H,3-4,9-14H2,1-2H3. The van der Waals surface area contributed by atoms with Gasteiger partial charge in [0.15, 0.2) is 0 Å². The average molecular weight is 300 g/mol. The van der Waals surface area contributed by atoms with E-state index in [1.165, 1.54) is 25.1 Å². The fourth-order valence-electron chi connectivity index (χ4n) is 4.03. The number of hydrogen-bond acceptors (Lipinski definition) is 2. The van der Waals surface area contributed by atoms with Crippen molar-refractivity contribution in [3.8, 4) is 0 Å². The van der Waals surface area contributed by atoms with Crippen molar-refractivity contribution in [2.24, 2.45) is 11.8 Å². The van der Waals surface area contributed by atoms with E-state index in [9.17, 15) is 4.79 Å². The molecule has 2 aliphatic heterocycles. The minimum absolute atomic E-state index is 0.198. The Morgan fingerprint density at radius 2 is 1.64 bits per heavy atom. The summed E-state index contributed by atoms with van der Waals surface area (Å²) in [6, 6.07) is 8.28. The highest BCUT2D eigenvalue weighted by molar-refractivity contribution is 5.94. The molecule has 1 aromatic rings. The van der Waals surface area contributed by atoms with Crippen molar-refractivity contribution in [1.82, 2.24) is 9.80 Å². The van der Waals surface area contributed by atoms with Gasteiger partial charge in [-0.3, -0.25) is 9.69 Å². The molecular formula is C19H28N2O. The van der Waals surface area contributed by atoms with E-state index in [1.807, 2.05) is 17.0 Å². The maximum atomic E-state index is 12.3. The van der Waals surface area contributed by atoms with Crippen LogP contribution in [0.4, 0.5) is 0 Å². The van der Waals surface area contributed by atoms with Gasteiger partial charge in [-0.15, -0.1) is 0 Å². The van der Waals surface area contributed by atoms with Gasteiger partial charge in [-0.25, -0.2) is 0 Å². The second-order valence-corrected chi connectivity index (χ2v) is 7.34. The van der Waals surface area contributed by atoms with Gasteiger partial charge in [-0.05, 0) is 48.8 Å². The molecule has 0 spiro atoms. The summed E-state index contributed by atoms with van der Waals surface area (Å²) in [5, 5.41) is 0. The Hall–Kier alpha value is -1.35. The number of benzene rings is 1. The van der Waals surface area contributed by atoms with Crippen LogP contribution in [0.5, 0.6) is 0 Å². The van der Waals surface area contributed by atoms with Crippen molar-refractivity contribution in [2.45, 2.75) is 39.7 Å². The molecule has 0 saturated carbocycles. The molecule has 1 amide bonds. The lowest BCUT2D eigenvalue weighted by Gasteiger charge is -2.35. The topological polar surface area (TPSA) is 23.6 Å². The lowest BCUT2D eigenvalue weighted by molar-refractivity contribution is 0.0793. The van der Waals surface area contributed by atoms with Crippen LogP contribution in [0.1, 0.15) is 49.0 Å². The van der Waals surface area contributed by atoms with Crippen LogP contribution in [-0.4, -0.2) is 41.9 Å². The van der Waals surface area contributed by atoms with Gasteiger partial charge in [-0.1, -0.05) is 26.0 Å². The van der Waals surface area contributed by atoms with Crippen molar-refractivity contribution in [1.29, 1.82) is 0 Å². The molecule has 3 nitrogen and oxygen atoms in total. The largest absolute Gasteiger partial charge is 0.339 e. The van der Waals surface area contributed by atoms with Gasteiger partial charge < -0.3 is 4.90 Å². The SMILES string of the molecule is CC1CC(C)CN(Cc2ccc(C(=O)N3CCCC3)cc2)C1. The maximum Gasteiger partial charge on any atom is 0.253 e. The van der Waals surface area contributed by atoms with Gasteiger partial charge in [0.05, 0.1) is 0 Å². The molecule has 0 N–H and O–H groups in total. The first-order chi connectivity index (χ1) is 10.6. The highest BCUT2D eigenvalue weighted by Crippen LogP contribution is 2.22. The molecule has 2 atom stereocenters.